The minimum Gasteiger partial charge on any atom is -0.382 e. The maximum Gasteiger partial charge on any atom is 0.250 e. The minimum atomic E-state index is -0.434. The molecule has 0 radical (unpaired) electrons. The van der Waals surface area contributed by atoms with E-state index in [-0.39, 0.29) is 5.82 Å². The van der Waals surface area contributed by atoms with Crippen LogP contribution in [0.25, 0.3) is 39.0 Å². The number of imidazole rings is 1. The second-order valence-corrected chi connectivity index (χ2v) is 9.24. The van der Waals surface area contributed by atoms with Crippen molar-refractivity contribution >= 4 is 33.5 Å². The molecule has 2 heterocycles. The van der Waals surface area contributed by atoms with Crippen molar-refractivity contribution in [2.24, 2.45) is 5.73 Å². The van der Waals surface area contributed by atoms with Gasteiger partial charge in [0.25, 0.3) is 5.91 Å². The number of fused-ring (bicyclic) bond motifs is 2. The average Bonchev–Trinajstić information content (AvgIpc) is 3.48. The standard InChI is InChI=1S/C28H26FN5O/c29-17-9-12-23-25(15-17)33-28(32-23)21-7-4-8-26-20(21)13-14-34(26)19-10-11-22(27(30)35)24(16-19)31-18-5-2-1-3-6-18/h4,7-16,18,31H,1-3,5-6H2,(H2,30,35)(H,32,33). The molecular weight excluding hydrogens is 441 g/mol. The molecule has 0 aliphatic heterocycles. The fourth-order valence-electron chi connectivity index (χ4n) is 5.19. The number of nitrogens with zero attached hydrogens (tertiary/aromatic N) is 2. The SMILES string of the molecule is NC(=O)c1ccc(-n2ccc3c(-c4nc5ccc(F)cc5[nH]4)cccc32)cc1NC1CCCCC1. The summed E-state index contributed by atoms with van der Waals surface area (Å²) in [5.41, 5.74) is 11.2. The monoisotopic (exact) mass is 467 g/mol. The zero-order valence-corrected chi connectivity index (χ0v) is 19.2. The number of carbonyl (C=O) groups excluding carboxylic acids is 1. The van der Waals surface area contributed by atoms with Crippen LogP contribution in [0.1, 0.15) is 42.5 Å². The quantitative estimate of drug-likeness (QED) is 0.289. The van der Waals surface area contributed by atoms with Crippen LogP contribution in [0.5, 0.6) is 0 Å². The smallest absolute Gasteiger partial charge is 0.250 e. The lowest BCUT2D eigenvalue weighted by molar-refractivity contribution is 0.100. The molecule has 4 N–H and O–H groups in total. The number of hydrogen-bond donors (Lipinski definition) is 3. The summed E-state index contributed by atoms with van der Waals surface area (Å²) < 4.78 is 15.8. The zero-order valence-electron chi connectivity index (χ0n) is 19.2. The van der Waals surface area contributed by atoms with Gasteiger partial charge in [-0.15, -0.1) is 0 Å². The fraction of sp³-hybridized carbons (Fsp3) is 0.214. The van der Waals surface area contributed by atoms with Crippen LogP contribution in [0.2, 0.25) is 0 Å². The molecule has 1 saturated carbocycles. The summed E-state index contributed by atoms with van der Waals surface area (Å²) >= 11 is 0. The number of hydrogen-bond acceptors (Lipinski definition) is 3. The lowest BCUT2D eigenvalue weighted by Gasteiger charge is -2.25. The largest absolute Gasteiger partial charge is 0.382 e. The van der Waals surface area contributed by atoms with Gasteiger partial charge in [-0.05, 0) is 61.4 Å². The lowest BCUT2D eigenvalue weighted by atomic mass is 9.95. The van der Waals surface area contributed by atoms with Crippen LogP contribution in [0, 0.1) is 5.82 Å². The van der Waals surface area contributed by atoms with Gasteiger partial charge < -0.3 is 20.6 Å². The number of amides is 1. The third-order valence-corrected chi connectivity index (χ3v) is 6.94. The fourth-order valence-corrected chi connectivity index (χ4v) is 5.19. The molecule has 1 aliphatic rings. The number of rotatable bonds is 5. The molecule has 7 heteroatoms. The van der Waals surface area contributed by atoms with E-state index in [1.807, 2.05) is 30.5 Å². The number of aromatic nitrogens is 3. The predicted octanol–water partition coefficient (Wildman–Crippen LogP) is 6.16. The van der Waals surface area contributed by atoms with Gasteiger partial charge in [-0.1, -0.05) is 31.4 Å². The second-order valence-electron chi connectivity index (χ2n) is 9.24. The summed E-state index contributed by atoms with van der Waals surface area (Å²) in [6, 6.07) is 18.7. The number of primary amides is 1. The van der Waals surface area contributed by atoms with Gasteiger partial charge in [0.1, 0.15) is 11.6 Å². The maximum atomic E-state index is 13.7. The van der Waals surface area contributed by atoms with Gasteiger partial charge in [0.15, 0.2) is 0 Å². The highest BCUT2D eigenvalue weighted by Crippen LogP contribution is 2.32. The van der Waals surface area contributed by atoms with E-state index in [1.165, 1.54) is 31.4 Å². The number of H-pyrrole nitrogens is 1. The number of nitrogens with one attached hydrogen (secondary N) is 2. The van der Waals surface area contributed by atoms with Crippen molar-refractivity contribution in [3.05, 3.63) is 78.2 Å². The number of carbonyl (C=O) groups is 1. The first-order valence-electron chi connectivity index (χ1n) is 12.0. The first-order valence-corrected chi connectivity index (χ1v) is 12.0. The van der Waals surface area contributed by atoms with Crippen LogP contribution in [-0.2, 0) is 0 Å². The molecule has 176 valence electrons. The number of halogens is 1. The van der Waals surface area contributed by atoms with Gasteiger partial charge in [-0.2, -0.15) is 0 Å². The summed E-state index contributed by atoms with van der Waals surface area (Å²) in [5.74, 6) is -0.0392. The van der Waals surface area contributed by atoms with Crippen molar-refractivity contribution in [2.45, 2.75) is 38.1 Å². The van der Waals surface area contributed by atoms with Crippen molar-refractivity contribution in [1.82, 2.24) is 14.5 Å². The first kappa shape index (κ1) is 21.4. The lowest BCUT2D eigenvalue weighted by Crippen LogP contribution is -2.24. The third kappa shape index (κ3) is 3.93. The Balaban J connectivity index is 1.42. The molecule has 1 fully saturated rings. The molecule has 0 saturated heterocycles. The highest BCUT2D eigenvalue weighted by Gasteiger charge is 2.18. The maximum absolute atomic E-state index is 13.7. The molecule has 1 amide bonds. The van der Waals surface area contributed by atoms with E-state index in [0.717, 1.165) is 46.2 Å². The van der Waals surface area contributed by atoms with E-state index in [2.05, 4.69) is 32.0 Å². The van der Waals surface area contributed by atoms with Gasteiger partial charge in [0.2, 0.25) is 0 Å². The number of anilines is 1. The molecule has 2 aromatic heterocycles. The number of nitrogens with two attached hydrogens (primary N) is 1. The molecule has 0 atom stereocenters. The van der Waals surface area contributed by atoms with Crippen LogP contribution >= 0.6 is 0 Å². The molecule has 0 unspecified atom stereocenters. The van der Waals surface area contributed by atoms with Gasteiger partial charge in [0, 0.05) is 34.6 Å². The van der Waals surface area contributed by atoms with Crippen LogP contribution in [0.15, 0.2) is 66.9 Å². The summed E-state index contributed by atoms with van der Waals surface area (Å²) in [6.07, 6.45) is 7.86. The van der Waals surface area contributed by atoms with Crippen molar-refractivity contribution < 1.29 is 9.18 Å². The summed E-state index contributed by atoms with van der Waals surface area (Å²) in [5, 5.41) is 4.60. The number of aromatic amines is 1. The molecular formula is C28H26FN5O. The normalized spacial score (nSPS) is 14.5. The van der Waals surface area contributed by atoms with Gasteiger partial charge >= 0.3 is 0 Å². The highest BCUT2D eigenvalue weighted by atomic mass is 19.1. The Labute approximate surface area is 202 Å². The molecule has 6 rings (SSSR count). The van der Waals surface area contributed by atoms with Crippen LogP contribution in [0.3, 0.4) is 0 Å². The van der Waals surface area contributed by atoms with Gasteiger partial charge in [0.05, 0.1) is 22.1 Å². The minimum absolute atomic E-state index is 0.297. The Kier molecular flexibility index (Phi) is 5.25. The van der Waals surface area contributed by atoms with E-state index < -0.39 is 5.91 Å². The first-order chi connectivity index (χ1) is 17.1. The predicted molar refractivity (Wildman–Crippen MR) is 137 cm³/mol. The Morgan fingerprint density at radius 1 is 1.06 bits per heavy atom. The topological polar surface area (TPSA) is 88.7 Å². The van der Waals surface area contributed by atoms with Crippen molar-refractivity contribution in [1.29, 1.82) is 0 Å². The molecule has 1 aliphatic carbocycles. The average molecular weight is 468 g/mol. The second kappa shape index (κ2) is 8.58. The van der Waals surface area contributed by atoms with Gasteiger partial charge in [-0.25, -0.2) is 9.37 Å². The van der Waals surface area contributed by atoms with Crippen LogP contribution in [-0.4, -0.2) is 26.5 Å². The Hall–Kier alpha value is -4.13. The van der Waals surface area contributed by atoms with E-state index in [0.29, 0.717) is 22.9 Å². The molecule has 0 spiro atoms. The summed E-state index contributed by atoms with van der Waals surface area (Å²) in [6.45, 7) is 0. The molecule has 5 aromatic rings. The third-order valence-electron chi connectivity index (χ3n) is 6.94. The van der Waals surface area contributed by atoms with E-state index in [4.69, 9.17) is 5.73 Å². The Morgan fingerprint density at radius 2 is 1.91 bits per heavy atom. The molecule has 0 bridgehead atoms. The Bertz CT molecular complexity index is 1560. The van der Waals surface area contributed by atoms with Crippen LogP contribution in [0.4, 0.5) is 10.1 Å². The van der Waals surface area contributed by atoms with E-state index in [9.17, 15) is 9.18 Å². The van der Waals surface area contributed by atoms with Crippen LogP contribution < -0.4 is 11.1 Å². The summed E-state index contributed by atoms with van der Waals surface area (Å²) in [7, 11) is 0. The van der Waals surface area contributed by atoms with Crippen molar-refractivity contribution in [2.75, 3.05) is 5.32 Å². The van der Waals surface area contributed by atoms with Crippen molar-refractivity contribution in [3.8, 4) is 17.1 Å². The van der Waals surface area contributed by atoms with E-state index in [1.54, 1.807) is 12.1 Å². The molecule has 3 aromatic carbocycles. The highest BCUT2D eigenvalue weighted by molar-refractivity contribution is 6.00. The Morgan fingerprint density at radius 3 is 2.74 bits per heavy atom. The van der Waals surface area contributed by atoms with Gasteiger partial charge in [-0.3, -0.25) is 4.79 Å². The number of benzene rings is 3. The molecule has 6 nitrogen and oxygen atoms in total. The molecule has 35 heavy (non-hydrogen) atoms. The van der Waals surface area contributed by atoms with Crippen molar-refractivity contribution in [3.63, 3.8) is 0 Å². The van der Waals surface area contributed by atoms with E-state index >= 15 is 0 Å². The summed E-state index contributed by atoms with van der Waals surface area (Å²) in [4.78, 5) is 20.0. The zero-order chi connectivity index (χ0) is 23.9.